The number of unbranched alkanes of at least 4 members (excludes halogenated alkanes) is 40. The maximum Gasteiger partial charge on any atom is 0.472 e. The second-order valence-electron chi connectivity index (χ2n) is 25.0. The average Bonchev–Trinajstić information content (AvgIpc) is 3.68. The first kappa shape index (κ1) is 85.1. The van der Waals surface area contributed by atoms with Crippen LogP contribution in [0.5, 0.6) is 0 Å². The molecular formula is C68H132O17P2. The molecular weight excluding hydrogens is 1150 g/mol. The standard InChI is InChI=1S/C68H132O17P2/c1-6-9-12-15-18-21-23-25-27-29-32-37-42-47-52-66(71)79-57-63(84-67(72)53-48-43-38-33-30-28-26-24-22-19-16-13-10-7-2)59-82-86(74,75)80-55-62(69)56-81-87(76,77)83-60-64(58-78-65(70)51-46-41-36-31-20-17-14-11-8-3)85-68(73)54-49-44-39-34-35-40-45-50-61(4)5/h61-64,69H,6-60H2,1-5H3,(H,74,75)(H,76,77)/t62-,63-,64-/m1/s1. The van der Waals surface area contributed by atoms with Crippen molar-refractivity contribution in [2.75, 3.05) is 39.6 Å². The quantitative estimate of drug-likeness (QED) is 0.0222. The topological polar surface area (TPSA) is 237 Å². The number of carbonyl (C=O) groups excluding carboxylic acids is 4. The highest BCUT2D eigenvalue weighted by atomic mass is 31.2. The number of ether oxygens (including phenoxy) is 4. The van der Waals surface area contributed by atoms with Crippen LogP contribution in [0, 0.1) is 5.92 Å². The van der Waals surface area contributed by atoms with Gasteiger partial charge in [-0.25, -0.2) is 9.13 Å². The van der Waals surface area contributed by atoms with E-state index in [9.17, 15) is 43.2 Å². The molecule has 0 rings (SSSR count). The molecule has 0 radical (unpaired) electrons. The second-order valence-corrected chi connectivity index (χ2v) is 27.9. The summed E-state index contributed by atoms with van der Waals surface area (Å²) in [5.74, 6) is -1.43. The molecule has 19 heteroatoms. The lowest BCUT2D eigenvalue weighted by Gasteiger charge is -2.21. The molecule has 0 fully saturated rings. The molecule has 17 nitrogen and oxygen atoms in total. The summed E-state index contributed by atoms with van der Waals surface area (Å²) in [6.45, 7) is 7.16. The van der Waals surface area contributed by atoms with Gasteiger partial charge in [0.15, 0.2) is 12.2 Å². The van der Waals surface area contributed by atoms with Gasteiger partial charge in [0.1, 0.15) is 19.3 Å². The summed E-state index contributed by atoms with van der Waals surface area (Å²) < 4.78 is 68.1. The fourth-order valence-electron chi connectivity index (χ4n) is 10.3. The minimum Gasteiger partial charge on any atom is -0.462 e. The van der Waals surface area contributed by atoms with Crippen LogP contribution in [0.25, 0.3) is 0 Å². The van der Waals surface area contributed by atoms with E-state index >= 15 is 0 Å². The van der Waals surface area contributed by atoms with Crippen molar-refractivity contribution < 1.29 is 80.2 Å². The minimum absolute atomic E-state index is 0.104. The normalized spacial score (nSPS) is 14.1. The molecule has 2 unspecified atom stereocenters. The number of phosphoric acid groups is 2. The molecule has 0 aromatic carbocycles. The van der Waals surface area contributed by atoms with Crippen LogP contribution in [0.2, 0.25) is 0 Å². The molecule has 0 aliphatic heterocycles. The molecule has 0 amide bonds. The first-order valence-corrected chi connectivity index (χ1v) is 38.6. The molecule has 0 aromatic heterocycles. The first-order chi connectivity index (χ1) is 42.0. The van der Waals surface area contributed by atoms with E-state index in [0.29, 0.717) is 31.6 Å². The molecule has 0 aliphatic carbocycles. The molecule has 0 spiro atoms. The molecule has 0 bridgehead atoms. The van der Waals surface area contributed by atoms with E-state index in [0.717, 1.165) is 89.9 Å². The Labute approximate surface area is 530 Å². The summed E-state index contributed by atoms with van der Waals surface area (Å²) >= 11 is 0. The van der Waals surface area contributed by atoms with Crippen molar-refractivity contribution in [3.05, 3.63) is 0 Å². The summed E-state index contributed by atoms with van der Waals surface area (Å²) in [5, 5.41) is 10.6. The van der Waals surface area contributed by atoms with Crippen LogP contribution in [-0.4, -0.2) is 96.7 Å². The number of phosphoric ester groups is 2. The van der Waals surface area contributed by atoms with Crippen LogP contribution >= 0.6 is 15.6 Å². The third-order valence-corrected chi connectivity index (χ3v) is 17.7. The number of hydrogen-bond donors (Lipinski definition) is 3. The Balaban J connectivity index is 5.23. The SMILES string of the molecule is CCCCCCCCCCCCCCCCC(=O)OC[C@H](COP(=O)(O)OC[C@@H](O)COP(=O)(O)OC[C@@H](COC(=O)CCCCCCCCCCC)OC(=O)CCCCCCCCCC(C)C)OC(=O)CCCCCCCCCCCCCCCC. The minimum atomic E-state index is -4.95. The third-order valence-electron chi connectivity index (χ3n) is 15.8. The van der Waals surface area contributed by atoms with Gasteiger partial charge in [0, 0.05) is 25.7 Å². The van der Waals surface area contributed by atoms with Gasteiger partial charge in [-0.3, -0.25) is 37.3 Å². The molecule has 0 heterocycles. The molecule has 0 saturated heterocycles. The van der Waals surface area contributed by atoms with Crippen molar-refractivity contribution in [1.29, 1.82) is 0 Å². The van der Waals surface area contributed by atoms with E-state index in [-0.39, 0.29) is 25.7 Å². The van der Waals surface area contributed by atoms with E-state index in [1.807, 2.05) is 0 Å². The van der Waals surface area contributed by atoms with Gasteiger partial charge < -0.3 is 33.8 Å². The Hall–Kier alpha value is -1.94. The van der Waals surface area contributed by atoms with E-state index in [2.05, 4.69) is 34.6 Å². The maximum atomic E-state index is 13.0. The van der Waals surface area contributed by atoms with Crippen LogP contribution < -0.4 is 0 Å². The highest BCUT2D eigenvalue weighted by molar-refractivity contribution is 7.47. The largest absolute Gasteiger partial charge is 0.472 e. The zero-order valence-corrected chi connectivity index (χ0v) is 57.9. The van der Waals surface area contributed by atoms with Gasteiger partial charge in [0.25, 0.3) is 0 Å². The van der Waals surface area contributed by atoms with Crippen molar-refractivity contribution in [1.82, 2.24) is 0 Å². The van der Waals surface area contributed by atoms with Crippen LogP contribution in [0.15, 0.2) is 0 Å². The summed E-state index contributed by atoms with van der Waals surface area (Å²) in [5.41, 5.74) is 0. The number of rotatable bonds is 68. The Morgan fingerprint density at radius 3 is 0.782 bits per heavy atom. The predicted molar refractivity (Wildman–Crippen MR) is 349 cm³/mol. The molecule has 3 N–H and O–H groups in total. The zero-order chi connectivity index (χ0) is 64.2. The van der Waals surface area contributed by atoms with Crippen LogP contribution in [0.3, 0.4) is 0 Å². The lowest BCUT2D eigenvalue weighted by Crippen LogP contribution is -2.30. The van der Waals surface area contributed by atoms with E-state index in [1.54, 1.807) is 0 Å². The lowest BCUT2D eigenvalue weighted by atomic mass is 10.0. The lowest BCUT2D eigenvalue weighted by molar-refractivity contribution is -0.161. The van der Waals surface area contributed by atoms with Gasteiger partial charge in [0.05, 0.1) is 26.4 Å². The van der Waals surface area contributed by atoms with Gasteiger partial charge in [-0.05, 0) is 31.6 Å². The Morgan fingerprint density at radius 1 is 0.310 bits per heavy atom. The average molecular weight is 1280 g/mol. The highest BCUT2D eigenvalue weighted by Crippen LogP contribution is 2.45. The number of esters is 4. The van der Waals surface area contributed by atoms with Crippen molar-refractivity contribution >= 4 is 39.5 Å². The van der Waals surface area contributed by atoms with Gasteiger partial charge >= 0.3 is 39.5 Å². The zero-order valence-electron chi connectivity index (χ0n) is 56.2. The van der Waals surface area contributed by atoms with Crippen LogP contribution in [0.4, 0.5) is 0 Å². The summed E-state index contributed by atoms with van der Waals surface area (Å²) in [7, 11) is -9.89. The first-order valence-electron chi connectivity index (χ1n) is 35.6. The summed E-state index contributed by atoms with van der Waals surface area (Å²) in [6, 6.07) is 0. The molecule has 0 aromatic rings. The summed E-state index contributed by atoms with van der Waals surface area (Å²) in [4.78, 5) is 72.4. The van der Waals surface area contributed by atoms with Gasteiger partial charge in [-0.2, -0.15) is 0 Å². The van der Waals surface area contributed by atoms with E-state index < -0.39 is 97.5 Å². The Bertz CT molecular complexity index is 1690. The highest BCUT2D eigenvalue weighted by Gasteiger charge is 2.30. The van der Waals surface area contributed by atoms with Crippen LogP contribution in [0.1, 0.15) is 349 Å². The molecule has 5 atom stereocenters. The number of aliphatic hydroxyl groups is 1. The van der Waals surface area contributed by atoms with Crippen molar-refractivity contribution in [3.63, 3.8) is 0 Å². The van der Waals surface area contributed by atoms with Crippen molar-refractivity contribution in [2.45, 2.75) is 368 Å². The van der Waals surface area contributed by atoms with E-state index in [1.165, 1.54) is 173 Å². The van der Waals surface area contributed by atoms with Crippen molar-refractivity contribution in [2.24, 2.45) is 5.92 Å². The van der Waals surface area contributed by atoms with Crippen LogP contribution in [-0.2, 0) is 65.4 Å². The number of hydrogen-bond acceptors (Lipinski definition) is 15. The predicted octanol–water partition coefficient (Wildman–Crippen LogP) is 19.4. The molecule has 87 heavy (non-hydrogen) atoms. The van der Waals surface area contributed by atoms with Gasteiger partial charge in [-0.1, -0.05) is 298 Å². The monoisotopic (exact) mass is 1280 g/mol. The molecule has 0 aliphatic rings. The Kier molecular flexibility index (Phi) is 60.2. The number of carbonyl (C=O) groups is 4. The summed E-state index contributed by atoms with van der Waals surface area (Å²) in [6.07, 6.45) is 47.2. The number of aliphatic hydroxyl groups excluding tert-OH is 1. The second kappa shape index (κ2) is 61.6. The van der Waals surface area contributed by atoms with E-state index in [4.69, 9.17) is 37.0 Å². The smallest absolute Gasteiger partial charge is 0.462 e. The maximum absolute atomic E-state index is 13.0. The third kappa shape index (κ3) is 62.6. The van der Waals surface area contributed by atoms with Gasteiger partial charge in [0.2, 0.25) is 0 Å². The molecule has 0 saturated carbocycles. The van der Waals surface area contributed by atoms with Crippen molar-refractivity contribution in [3.8, 4) is 0 Å². The van der Waals surface area contributed by atoms with Gasteiger partial charge in [-0.15, -0.1) is 0 Å². The Morgan fingerprint density at radius 2 is 0.529 bits per heavy atom. The fourth-order valence-corrected chi connectivity index (χ4v) is 11.9. The fraction of sp³-hybridized carbons (Fsp3) is 0.941. The molecule has 516 valence electrons.